The summed E-state index contributed by atoms with van der Waals surface area (Å²) in [5.74, 6) is -0.634. The van der Waals surface area contributed by atoms with Crippen molar-refractivity contribution in [2.24, 2.45) is 0 Å². The van der Waals surface area contributed by atoms with Crippen LogP contribution in [0.1, 0.15) is 46.1 Å². The quantitative estimate of drug-likeness (QED) is 0.388. The number of likely N-dealkylation sites (tertiary alicyclic amines) is 1. The number of piperidine rings is 1. The molecule has 0 spiro atoms. The molecule has 1 aliphatic rings. The molecule has 6 nitrogen and oxygen atoms in total. The van der Waals surface area contributed by atoms with Gasteiger partial charge in [-0.2, -0.15) is 18.2 Å². The van der Waals surface area contributed by atoms with Crippen molar-refractivity contribution in [2.45, 2.75) is 63.8 Å². The summed E-state index contributed by atoms with van der Waals surface area (Å²) in [6.07, 6.45) is 1.02. The van der Waals surface area contributed by atoms with Crippen LogP contribution in [0.4, 0.5) is 35.0 Å². The lowest BCUT2D eigenvalue weighted by molar-refractivity contribution is -0.137. The molecule has 1 aromatic carbocycles. The summed E-state index contributed by atoms with van der Waals surface area (Å²) in [6, 6.07) is 6.86. The average molecular weight is 503 g/mol. The number of alkyl halides is 3. The van der Waals surface area contributed by atoms with Crippen LogP contribution in [0.25, 0.3) is 11.1 Å². The lowest BCUT2D eigenvalue weighted by atomic mass is 9.77. The minimum absolute atomic E-state index is 0.00751. The number of nitrogens with one attached hydrogen (secondary N) is 2. The Morgan fingerprint density at radius 3 is 2.31 bits per heavy atom. The second-order valence-electron chi connectivity index (χ2n) is 10.5. The Balaban J connectivity index is 1.62. The molecule has 1 aliphatic heterocycles. The average Bonchev–Trinajstić information content (AvgIpc) is 2.79. The van der Waals surface area contributed by atoms with Gasteiger partial charge in [0.05, 0.1) is 11.8 Å². The number of nitrogens with zero attached hydrogens (tertiary/aromatic N) is 4. The molecule has 0 radical (unpaired) electrons. The molecule has 192 valence electrons. The zero-order chi connectivity index (χ0) is 26.3. The van der Waals surface area contributed by atoms with E-state index in [1.165, 1.54) is 6.20 Å². The van der Waals surface area contributed by atoms with Gasteiger partial charge in [-0.05, 0) is 77.4 Å². The van der Waals surface area contributed by atoms with Crippen LogP contribution < -0.4 is 10.6 Å². The van der Waals surface area contributed by atoms with Gasteiger partial charge >= 0.3 is 6.18 Å². The number of hydrogen-bond acceptors (Lipinski definition) is 6. The van der Waals surface area contributed by atoms with E-state index in [1.54, 1.807) is 24.4 Å². The summed E-state index contributed by atoms with van der Waals surface area (Å²) < 4.78 is 55.4. The van der Waals surface area contributed by atoms with E-state index in [-0.39, 0.29) is 34.6 Å². The van der Waals surface area contributed by atoms with E-state index in [2.05, 4.69) is 65.2 Å². The summed E-state index contributed by atoms with van der Waals surface area (Å²) in [4.78, 5) is 14.5. The highest BCUT2D eigenvalue weighted by Gasteiger charge is 2.43. The predicted octanol–water partition coefficient (Wildman–Crippen LogP) is 6.50. The van der Waals surface area contributed by atoms with Gasteiger partial charge in [0.25, 0.3) is 0 Å². The number of rotatable bonds is 5. The smallest absolute Gasteiger partial charge is 0.365 e. The molecule has 4 rings (SSSR count). The van der Waals surface area contributed by atoms with Crippen LogP contribution >= 0.6 is 0 Å². The fourth-order valence-electron chi connectivity index (χ4n) is 4.89. The van der Waals surface area contributed by atoms with E-state index >= 15 is 0 Å². The zero-order valence-electron chi connectivity index (χ0n) is 20.9. The van der Waals surface area contributed by atoms with E-state index in [0.29, 0.717) is 11.1 Å². The van der Waals surface area contributed by atoms with Crippen LogP contribution in [-0.2, 0) is 6.18 Å². The Bertz CT molecular complexity index is 1210. The molecule has 0 aliphatic carbocycles. The summed E-state index contributed by atoms with van der Waals surface area (Å²) >= 11 is 0. The molecule has 0 unspecified atom stereocenters. The molecular weight excluding hydrogens is 472 g/mol. The van der Waals surface area contributed by atoms with Crippen LogP contribution in [0, 0.1) is 5.82 Å². The molecular formula is C26H30F4N6. The van der Waals surface area contributed by atoms with Crippen LogP contribution in [0.2, 0.25) is 0 Å². The van der Waals surface area contributed by atoms with Crippen molar-refractivity contribution in [3.05, 3.63) is 60.3 Å². The van der Waals surface area contributed by atoms with E-state index in [4.69, 9.17) is 0 Å². The van der Waals surface area contributed by atoms with Gasteiger partial charge in [0, 0.05) is 40.8 Å². The standard InChI is InChI=1S/C26H30F4N6/c1-24(2)12-20(13-25(3,4)36(24)5)33-22-21(27)15-32-23(35-22)34-19-10-17(16-7-6-8-31-14-16)9-18(11-19)26(28,29)30/h6-11,14-15,20H,12-13H2,1-5H3,(H2,32,33,34,35). The second kappa shape index (κ2) is 9.31. The Labute approximate surface area is 208 Å². The fourth-order valence-corrected chi connectivity index (χ4v) is 4.89. The molecule has 3 heterocycles. The van der Waals surface area contributed by atoms with Gasteiger partial charge in [0.2, 0.25) is 5.95 Å². The number of anilines is 3. The molecule has 2 N–H and O–H groups in total. The topological polar surface area (TPSA) is 66.0 Å². The van der Waals surface area contributed by atoms with Crippen molar-refractivity contribution in [3.8, 4) is 11.1 Å². The molecule has 2 aromatic heterocycles. The van der Waals surface area contributed by atoms with Crippen LogP contribution in [0.5, 0.6) is 0 Å². The third-order valence-electron chi connectivity index (χ3n) is 6.90. The number of halogens is 4. The van der Waals surface area contributed by atoms with Crippen molar-refractivity contribution in [2.75, 3.05) is 17.7 Å². The van der Waals surface area contributed by atoms with Gasteiger partial charge in [-0.25, -0.2) is 9.37 Å². The second-order valence-corrected chi connectivity index (χ2v) is 10.5. The first-order valence-electron chi connectivity index (χ1n) is 11.7. The van der Waals surface area contributed by atoms with Crippen LogP contribution in [0.15, 0.2) is 48.9 Å². The van der Waals surface area contributed by atoms with E-state index < -0.39 is 17.6 Å². The lowest BCUT2D eigenvalue weighted by Gasteiger charge is -2.53. The van der Waals surface area contributed by atoms with Gasteiger partial charge in [0.1, 0.15) is 0 Å². The van der Waals surface area contributed by atoms with Crippen molar-refractivity contribution in [3.63, 3.8) is 0 Å². The predicted molar refractivity (Wildman–Crippen MR) is 133 cm³/mol. The first-order chi connectivity index (χ1) is 16.7. The van der Waals surface area contributed by atoms with Gasteiger partial charge in [-0.15, -0.1) is 0 Å². The summed E-state index contributed by atoms with van der Waals surface area (Å²) in [5.41, 5.74) is -0.0845. The van der Waals surface area contributed by atoms with E-state index in [0.717, 1.165) is 31.2 Å². The highest BCUT2D eigenvalue weighted by Crippen LogP contribution is 2.38. The zero-order valence-corrected chi connectivity index (χ0v) is 20.9. The molecule has 1 saturated heterocycles. The number of pyridine rings is 1. The largest absolute Gasteiger partial charge is 0.416 e. The first-order valence-corrected chi connectivity index (χ1v) is 11.7. The van der Waals surface area contributed by atoms with Gasteiger partial charge in [-0.3, -0.25) is 9.88 Å². The summed E-state index contributed by atoms with van der Waals surface area (Å²) in [7, 11) is 2.08. The molecule has 3 aromatic rings. The van der Waals surface area contributed by atoms with Gasteiger partial charge in [0.15, 0.2) is 11.6 Å². The Hall–Kier alpha value is -3.27. The highest BCUT2D eigenvalue weighted by molar-refractivity contribution is 5.71. The monoisotopic (exact) mass is 502 g/mol. The number of benzene rings is 1. The van der Waals surface area contributed by atoms with E-state index in [1.807, 2.05) is 0 Å². The fraction of sp³-hybridized carbons (Fsp3) is 0.423. The Kier molecular flexibility index (Phi) is 6.68. The molecule has 0 bridgehead atoms. The third kappa shape index (κ3) is 5.59. The van der Waals surface area contributed by atoms with Crippen LogP contribution in [0.3, 0.4) is 0 Å². The van der Waals surface area contributed by atoms with Crippen molar-refractivity contribution in [1.82, 2.24) is 19.9 Å². The van der Waals surface area contributed by atoms with Crippen molar-refractivity contribution >= 4 is 17.5 Å². The SMILES string of the molecule is CN1C(C)(C)CC(Nc2nc(Nc3cc(-c4cccnc4)cc(C(F)(F)F)c3)ncc2F)CC1(C)C. The first kappa shape index (κ1) is 25.8. The lowest BCUT2D eigenvalue weighted by Crippen LogP contribution is -2.61. The molecule has 36 heavy (non-hydrogen) atoms. The van der Waals surface area contributed by atoms with E-state index in [9.17, 15) is 17.6 Å². The number of aromatic nitrogens is 3. The maximum Gasteiger partial charge on any atom is 0.416 e. The number of hydrogen-bond donors (Lipinski definition) is 2. The molecule has 0 saturated carbocycles. The highest BCUT2D eigenvalue weighted by atomic mass is 19.4. The van der Waals surface area contributed by atoms with Gasteiger partial charge < -0.3 is 10.6 Å². The van der Waals surface area contributed by atoms with Crippen LogP contribution in [-0.4, -0.2) is 44.0 Å². The van der Waals surface area contributed by atoms with Gasteiger partial charge in [-0.1, -0.05) is 6.07 Å². The molecule has 1 fully saturated rings. The summed E-state index contributed by atoms with van der Waals surface area (Å²) in [6.45, 7) is 8.55. The Morgan fingerprint density at radius 1 is 1.00 bits per heavy atom. The molecule has 10 heteroatoms. The third-order valence-corrected chi connectivity index (χ3v) is 6.90. The maximum atomic E-state index is 14.6. The Morgan fingerprint density at radius 2 is 1.69 bits per heavy atom. The minimum Gasteiger partial charge on any atom is -0.365 e. The summed E-state index contributed by atoms with van der Waals surface area (Å²) in [5, 5.41) is 6.01. The maximum absolute atomic E-state index is 14.6. The van der Waals surface area contributed by atoms with Crippen molar-refractivity contribution in [1.29, 1.82) is 0 Å². The molecule has 0 amide bonds. The van der Waals surface area contributed by atoms with Crippen molar-refractivity contribution < 1.29 is 17.6 Å². The normalized spacial score (nSPS) is 18.1. The molecule has 0 atom stereocenters. The minimum atomic E-state index is -4.56.